The predicted octanol–water partition coefficient (Wildman–Crippen LogP) is 7.12. The van der Waals surface area contributed by atoms with Crippen LogP contribution < -0.4 is 0 Å². The van der Waals surface area contributed by atoms with Crippen LogP contribution >= 0.6 is 11.8 Å². The molecule has 0 nitrogen and oxygen atoms in total. The minimum atomic E-state index is -2.37. The van der Waals surface area contributed by atoms with Gasteiger partial charge in [0.05, 0.1) is 0 Å². The standard InChI is InChI=1S/C20H15S.3CH3.Sn/c1-4-10-17(11-5-1)20(18-12-6-2-7-13-18)16-21-19-14-8-3-9-15-19;;;;/h1-15H;3*1H3;. The Labute approximate surface area is 159 Å². The van der Waals surface area contributed by atoms with Crippen molar-refractivity contribution in [2.24, 2.45) is 0 Å². The molecule has 0 saturated carbocycles. The second kappa shape index (κ2) is 8.29. The second-order valence-electron chi connectivity index (χ2n) is 7.10. The number of rotatable bonds is 5. The molecule has 0 N–H and O–H groups in total. The molecule has 3 aromatic carbocycles. The van der Waals surface area contributed by atoms with Crippen molar-refractivity contribution in [1.82, 2.24) is 0 Å². The average Bonchev–Trinajstić information content (AvgIpc) is 2.63. The van der Waals surface area contributed by atoms with Crippen LogP contribution in [0.2, 0.25) is 14.8 Å². The van der Waals surface area contributed by atoms with Crippen LogP contribution in [-0.4, -0.2) is 18.4 Å². The van der Waals surface area contributed by atoms with E-state index in [1.165, 1.54) is 21.6 Å². The molecule has 0 spiro atoms. The monoisotopic (exact) mass is 452 g/mol. The first-order chi connectivity index (χ1) is 12.1. The van der Waals surface area contributed by atoms with Gasteiger partial charge in [-0.25, -0.2) is 0 Å². The Morgan fingerprint density at radius 3 is 1.40 bits per heavy atom. The first kappa shape index (κ1) is 18.3. The van der Waals surface area contributed by atoms with Crippen LogP contribution in [0.4, 0.5) is 0 Å². The van der Waals surface area contributed by atoms with Gasteiger partial charge >= 0.3 is 160 Å². The Kier molecular flexibility index (Phi) is 6.08. The Balaban J connectivity index is 2.23. The molecule has 0 aliphatic carbocycles. The molecule has 0 aliphatic rings. The van der Waals surface area contributed by atoms with E-state index in [0.717, 1.165) is 0 Å². The molecule has 126 valence electrons. The third-order valence-corrected chi connectivity index (χ3v) is 14.5. The van der Waals surface area contributed by atoms with E-state index in [-0.39, 0.29) is 0 Å². The van der Waals surface area contributed by atoms with E-state index in [0.29, 0.717) is 0 Å². The predicted molar refractivity (Wildman–Crippen MR) is 115 cm³/mol. The number of hydrogen-bond acceptors (Lipinski definition) is 1. The van der Waals surface area contributed by atoms with Crippen LogP contribution in [-0.2, 0) is 0 Å². The van der Waals surface area contributed by atoms with Gasteiger partial charge < -0.3 is 0 Å². The van der Waals surface area contributed by atoms with Crippen LogP contribution in [0.1, 0.15) is 11.1 Å². The third kappa shape index (κ3) is 4.80. The SMILES string of the molecule is [CH3][Sn]([CH3])([CH3])[C](Sc1ccccc1)=C(c1ccccc1)c1ccccc1. The maximum atomic E-state index is 2.51. The Morgan fingerprint density at radius 1 is 0.600 bits per heavy atom. The zero-order valence-corrected chi connectivity index (χ0v) is 18.7. The summed E-state index contributed by atoms with van der Waals surface area (Å²) in [4.78, 5) is 8.84. The van der Waals surface area contributed by atoms with Crippen LogP contribution in [0.3, 0.4) is 0 Å². The molecule has 25 heavy (non-hydrogen) atoms. The zero-order valence-electron chi connectivity index (χ0n) is 15.1. The van der Waals surface area contributed by atoms with E-state index in [1.807, 2.05) is 11.8 Å². The second-order valence-corrected chi connectivity index (χ2v) is 23.5. The number of benzene rings is 3. The quantitative estimate of drug-likeness (QED) is 0.294. The molecule has 0 atom stereocenters. The van der Waals surface area contributed by atoms with Gasteiger partial charge in [0.1, 0.15) is 0 Å². The van der Waals surface area contributed by atoms with Gasteiger partial charge in [0, 0.05) is 0 Å². The summed E-state index contributed by atoms with van der Waals surface area (Å²) in [5.41, 5.74) is 4.05. The average molecular weight is 451 g/mol. The summed E-state index contributed by atoms with van der Waals surface area (Å²) in [6.45, 7) is 0. The minimum absolute atomic E-state index is 1.32. The van der Waals surface area contributed by atoms with Crippen LogP contribution in [0.5, 0.6) is 0 Å². The molecule has 2 heteroatoms. The van der Waals surface area contributed by atoms with Crippen molar-refractivity contribution in [2.45, 2.75) is 19.7 Å². The van der Waals surface area contributed by atoms with Gasteiger partial charge in [0.2, 0.25) is 0 Å². The molecular formula is C23H24SSn. The molecule has 3 rings (SSSR count). The molecular weight excluding hydrogens is 427 g/mol. The zero-order chi connectivity index (χ0) is 17.7. The summed E-state index contributed by atoms with van der Waals surface area (Å²) in [5, 5.41) is 0. The Morgan fingerprint density at radius 2 is 1.00 bits per heavy atom. The Hall–Kier alpha value is -1.45. The van der Waals surface area contributed by atoms with E-state index in [1.54, 1.807) is 2.92 Å². The summed E-state index contributed by atoms with van der Waals surface area (Å²) in [6.07, 6.45) is 0. The molecule has 0 aliphatic heterocycles. The first-order valence-electron chi connectivity index (χ1n) is 8.64. The molecule has 0 amide bonds. The summed E-state index contributed by atoms with van der Waals surface area (Å²) in [7, 11) is 0. The van der Waals surface area contributed by atoms with E-state index >= 15 is 0 Å². The van der Waals surface area contributed by atoms with Gasteiger partial charge in [-0.3, -0.25) is 0 Å². The van der Waals surface area contributed by atoms with Crippen molar-refractivity contribution in [3.05, 3.63) is 105 Å². The molecule has 0 bridgehead atoms. The van der Waals surface area contributed by atoms with Gasteiger partial charge in [-0.15, -0.1) is 0 Å². The summed E-state index contributed by atoms with van der Waals surface area (Å²) < 4.78 is 1.60. The number of thioether (sulfide) groups is 1. The van der Waals surface area contributed by atoms with E-state index in [2.05, 4.69) is 106 Å². The van der Waals surface area contributed by atoms with E-state index in [9.17, 15) is 0 Å². The third-order valence-electron chi connectivity index (χ3n) is 4.00. The summed E-state index contributed by atoms with van der Waals surface area (Å²) in [6, 6.07) is 32.5. The molecule has 3 aromatic rings. The molecule has 0 aromatic heterocycles. The first-order valence-corrected chi connectivity index (χ1v) is 19.4. The molecule has 0 fully saturated rings. The molecule has 0 unspecified atom stereocenters. The molecule has 0 heterocycles. The van der Waals surface area contributed by atoms with Crippen molar-refractivity contribution in [3.63, 3.8) is 0 Å². The summed E-state index contributed by atoms with van der Waals surface area (Å²) in [5.74, 6) is 0. The Bertz CT molecular complexity index is 790. The van der Waals surface area contributed by atoms with Gasteiger partial charge in [0.25, 0.3) is 0 Å². The fourth-order valence-corrected chi connectivity index (χ4v) is 10.6. The van der Waals surface area contributed by atoms with Crippen molar-refractivity contribution >= 4 is 35.7 Å². The van der Waals surface area contributed by atoms with Gasteiger partial charge in [-0.05, 0) is 0 Å². The van der Waals surface area contributed by atoms with Crippen molar-refractivity contribution in [2.75, 3.05) is 0 Å². The van der Waals surface area contributed by atoms with Gasteiger partial charge in [-0.1, -0.05) is 0 Å². The number of hydrogen-bond donors (Lipinski definition) is 0. The normalized spacial score (nSPS) is 11.2. The van der Waals surface area contributed by atoms with Crippen LogP contribution in [0.15, 0.2) is 98.8 Å². The summed E-state index contributed by atoms with van der Waals surface area (Å²) >= 11 is -0.408. The topological polar surface area (TPSA) is 0 Å². The van der Waals surface area contributed by atoms with E-state index < -0.39 is 18.4 Å². The fourth-order valence-electron chi connectivity index (χ4n) is 2.82. The molecule has 0 radical (unpaired) electrons. The fraction of sp³-hybridized carbons (Fsp3) is 0.130. The van der Waals surface area contributed by atoms with Crippen molar-refractivity contribution < 1.29 is 0 Å². The van der Waals surface area contributed by atoms with Gasteiger partial charge in [-0.2, -0.15) is 0 Å². The van der Waals surface area contributed by atoms with Crippen molar-refractivity contribution in [3.8, 4) is 0 Å². The van der Waals surface area contributed by atoms with Gasteiger partial charge in [0.15, 0.2) is 0 Å². The van der Waals surface area contributed by atoms with Crippen molar-refractivity contribution in [1.29, 1.82) is 0 Å². The van der Waals surface area contributed by atoms with Crippen LogP contribution in [0.25, 0.3) is 5.57 Å². The molecule has 0 saturated heterocycles. The van der Waals surface area contributed by atoms with E-state index in [4.69, 9.17) is 0 Å². The van der Waals surface area contributed by atoms with Crippen LogP contribution in [0, 0.1) is 0 Å². The maximum absolute atomic E-state index is 2.51.